The zero-order valence-electron chi connectivity index (χ0n) is 19.3. The number of nitrogens with one attached hydrogen (secondary N) is 1. The molecule has 1 spiro atoms. The van der Waals surface area contributed by atoms with Crippen LogP contribution in [0.15, 0.2) is 66.7 Å². The number of carbonyl (C=O) groups is 1. The normalized spacial score (nSPS) is 14.5. The molecule has 0 saturated carbocycles. The lowest BCUT2D eigenvalue weighted by atomic mass is 9.77. The van der Waals surface area contributed by atoms with E-state index in [-0.39, 0.29) is 5.97 Å². The van der Waals surface area contributed by atoms with Gasteiger partial charge < -0.3 is 14.8 Å². The molecule has 0 bridgehead atoms. The van der Waals surface area contributed by atoms with E-state index in [1.165, 1.54) is 0 Å². The van der Waals surface area contributed by atoms with Gasteiger partial charge in [-0.1, -0.05) is 82.6 Å². The van der Waals surface area contributed by atoms with E-state index in [4.69, 9.17) is 9.47 Å². The number of hydrogen-bond donors (Lipinski definition) is 1. The fourth-order valence-electron chi connectivity index (χ4n) is 4.21. The van der Waals surface area contributed by atoms with Gasteiger partial charge in [-0.05, 0) is 30.5 Å². The molecule has 0 saturated heterocycles. The van der Waals surface area contributed by atoms with Crippen molar-refractivity contribution in [3.63, 3.8) is 0 Å². The second kappa shape index (κ2) is 9.07. The number of carbonyl (C=O) groups excluding carboxylic acids is 1. The molecule has 2 aliphatic heterocycles. The van der Waals surface area contributed by atoms with E-state index in [1.807, 2.05) is 66.7 Å². The molecule has 0 radical (unpaired) electrons. The number of fused-ring (bicyclic) bond motifs is 6. The first kappa shape index (κ1) is 21.9. The molecule has 4 heteroatoms. The molecule has 0 amide bonds. The topological polar surface area (TPSA) is 47.6 Å². The minimum absolute atomic E-state index is 0.305. The highest BCUT2D eigenvalue weighted by Crippen LogP contribution is 2.56. The summed E-state index contributed by atoms with van der Waals surface area (Å²) in [5, 5.41) is 3.41. The SMILES string of the molecule is CC(C)C.CCCCNc1cccc2c1C(=O)OC21c2ccccc2Oc2ccccc21. The molecular weight excluding hydrogens is 398 g/mol. The number of hydrogen-bond acceptors (Lipinski definition) is 4. The molecule has 32 heavy (non-hydrogen) atoms. The lowest BCUT2D eigenvalue weighted by molar-refractivity contribution is 0.0225. The summed E-state index contributed by atoms with van der Waals surface area (Å²) in [7, 11) is 0. The Bertz CT molecular complexity index is 1070. The first-order valence-corrected chi connectivity index (χ1v) is 11.5. The molecule has 1 N–H and O–H groups in total. The fourth-order valence-corrected chi connectivity index (χ4v) is 4.21. The number of unbranched alkanes of at least 4 members (excludes halogenated alkanes) is 1. The van der Waals surface area contributed by atoms with Crippen molar-refractivity contribution in [3.8, 4) is 11.5 Å². The highest BCUT2D eigenvalue weighted by atomic mass is 16.6. The Labute approximate surface area is 190 Å². The van der Waals surface area contributed by atoms with Crippen molar-refractivity contribution in [3.05, 3.63) is 89.0 Å². The molecule has 0 atom stereocenters. The van der Waals surface area contributed by atoms with E-state index in [0.717, 1.165) is 47.7 Å². The lowest BCUT2D eigenvalue weighted by Crippen LogP contribution is -2.32. The van der Waals surface area contributed by atoms with Gasteiger partial charge in [-0.2, -0.15) is 0 Å². The van der Waals surface area contributed by atoms with Crippen LogP contribution in [0.3, 0.4) is 0 Å². The standard InChI is InChI=1S/C24H21NO3.C4H10/c1-2-3-15-25-19-12-8-11-18-22(19)23(26)28-24(18)16-9-4-6-13-20(16)27-21-14-7-5-10-17(21)24;1-4(2)3/h4-14,25H,2-3,15H2,1H3;4H,1-3H3. The smallest absolute Gasteiger partial charge is 0.342 e. The van der Waals surface area contributed by atoms with Crippen molar-refractivity contribution in [1.82, 2.24) is 0 Å². The lowest BCUT2D eigenvalue weighted by Gasteiger charge is -2.36. The second-order valence-corrected chi connectivity index (χ2v) is 8.91. The number of esters is 1. The highest BCUT2D eigenvalue weighted by molar-refractivity contribution is 6.02. The third-order valence-electron chi connectivity index (χ3n) is 5.49. The minimum atomic E-state index is -0.986. The van der Waals surface area contributed by atoms with Crippen molar-refractivity contribution in [2.75, 3.05) is 11.9 Å². The molecule has 0 aromatic heterocycles. The van der Waals surface area contributed by atoms with Crippen LogP contribution in [0.5, 0.6) is 11.5 Å². The summed E-state index contributed by atoms with van der Waals surface area (Å²) in [5.41, 5.74) is 3.03. The van der Waals surface area contributed by atoms with Gasteiger partial charge in [-0.25, -0.2) is 4.79 Å². The van der Waals surface area contributed by atoms with Crippen molar-refractivity contribution < 1.29 is 14.3 Å². The van der Waals surface area contributed by atoms with E-state index in [0.29, 0.717) is 17.1 Å². The maximum Gasteiger partial charge on any atom is 0.342 e. The van der Waals surface area contributed by atoms with Crippen molar-refractivity contribution >= 4 is 11.7 Å². The summed E-state index contributed by atoms with van der Waals surface area (Å²) >= 11 is 0. The first-order valence-electron chi connectivity index (χ1n) is 11.5. The Balaban J connectivity index is 0.000000567. The molecule has 4 nitrogen and oxygen atoms in total. The van der Waals surface area contributed by atoms with Crippen LogP contribution >= 0.6 is 0 Å². The predicted molar refractivity (Wildman–Crippen MR) is 129 cm³/mol. The summed E-state index contributed by atoms with van der Waals surface area (Å²) in [6, 6.07) is 21.5. The van der Waals surface area contributed by atoms with Crippen LogP contribution in [0.25, 0.3) is 0 Å². The van der Waals surface area contributed by atoms with Crippen LogP contribution in [0.1, 0.15) is 67.6 Å². The van der Waals surface area contributed by atoms with Crippen LogP contribution in [0.4, 0.5) is 5.69 Å². The van der Waals surface area contributed by atoms with Gasteiger partial charge in [0.15, 0.2) is 5.60 Å². The predicted octanol–water partition coefficient (Wildman–Crippen LogP) is 7.13. The Hall–Kier alpha value is -3.27. The van der Waals surface area contributed by atoms with E-state index in [1.54, 1.807) is 0 Å². The van der Waals surface area contributed by atoms with Gasteiger partial charge in [0.25, 0.3) is 0 Å². The molecule has 5 rings (SSSR count). The molecule has 2 heterocycles. The highest BCUT2D eigenvalue weighted by Gasteiger charge is 2.54. The van der Waals surface area contributed by atoms with E-state index >= 15 is 0 Å². The van der Waals surface area contributed by atoms with Gasteiger partial charge in [-0.3, -0.25) is 0 Å². The maximum atomic E-state index is 13.1. The molecule has 0 fully saturated rings. The average molecular weight is 430 g/mol. The summed E-state index contributed by atoms with van der Waals surface area (Å²) < 4.78 is 12.3. The molecule has 166 valence electrons. The quantitative estimate of drug-likeness (QED) is 0.354. The Morgan fingerprint density at radius 1 is 0.844 bits per heavy atom. The van der Waals surface area contributed by atoms with Crippen LogP contribution in [0.2, 0.25) is 0 Å². The summed E-state index contributed by atoms with van der Waals surface area (Å²) in [6.45, 7) is 9.47. The van der Waals surface area contributed by atoms with Crippen LogP contribution in [-0.2, 0) is 10.3 Å². The number of ether oxygens (including phenoxy) is 2. The van der Waals surface area contributed by atoms with Crippen LogP contribution in [-0.4, -0.2) is 12.5 Å². The van der Waals surface area contributed by atoms with Crippen LogP contribution in [0, 0.1) is 5.92 Å². The zero-order valence-corrected chi connectivity index (χ0v) is 19.3. The van der Waals surface area contributed by atoms with E-state index in [9.17, 15) is 4.79 Å². The fraction of sp³-hybridized carbons (Fsp3) is 0.321. The van der Waals surface area contributed by atoms with E-state index in [2.05, 4.69) is 33.0 Å². The Kier molecular flexibility index (Phi) is 6.22. The molecule has 3 aromatic carbocycles. The van der Waals surface area contributed by atoms with Crippen LogP contribution < -0.4 is 10.1 Å². The van der Waals surface area contributed by atoms with Crippen molar-refractivity contribution in [2.45, 2.75) is 46.1 Å². The van der Waals surface area contributed by atoms with Crippen molar-refractivity contribution in [1.29, 1.82) is 0 Å². The number of anilines is 1. The third-order valence-corrected chi connectivity index (χ3v) is 5.49. The summed E-state index contributed by atoms with van der Waals surface area (Å²) in [5.74, 6) is 1.96. The Morgan fingerprint density at radius 3 is 2.00 bits per heavy atom. The van der Waals surface area contributed by atoms with Gasteiger partial charge in [0, 0.05) is 28.9 Å². The first-order chi connectivity index (χ1) is 15.5. The summed E-state index contributed by atoms with van der Waals surface area (Å²) in [6.07, 6.45) is 2.14. The monoisotopic (exact) mass is 429 g/mol. The Morgan fingerprint density at radius 2 is 1.41 bits per heavy atom. The number of rotatable bonds is 4. The third kappa shape index (κ3) is 3.75. The van der Waals surface area contributed by atoms with Gasteiger partial charge in [0.1, 0.15) is 11.5 Å². The van der Waals surface area contributed by atoms with Gasteiger partial charge in [0.05, 0.1) is 5.56 Å². The molecule has 3 aromatic rings. The molecular formula is C28H31NO3. The van der Waals surface area contributed by atoms with Gasteiger partial charge in [0.2, 0.25) is 0 Å². The minimum Gasteiger partial charge on any atom is -0.456 e. The largest absolute Gasteiger partial charge is 0.456 e. The molecule has 2 aliphatic rings. The van der Waals surface area contributed by atoms with Crippen molar-refractivity contribution in [2.24, 2.45) is 5.92 Å². The maximum absolute atomic E-state index is 13.1. The van der Waals surface area contributed by atoms with Gasteiger partial charge >= 0.3 is 5.97 Å². The zero-order chi connectivity index (χ0) is 22.7. The molecule has 0 aliphatic carbocycles. The van der Waals surface area contributed by atoms with E-state index < -0.39 is 5.60 Å². The summed E-state index contributed by atoms with van der Waals surface area (Å²) in [4.78, 5) is 13.1. The second-order valence-electron chi connectivity index (χ2n) is 8.91. The molecule has 0 unspecified atom stereocenters. The number of para-hydroxylation sites is 2. The number of benzene rings is 3. The van der Waals surface area contributed by atoms with Gasteiger partial charge in [-0.15, -0.1) is 0 Å². The average Bonchev–Trinajstić information content (AvgIpc) is 3.08.